The number of nitro groups is 1. The van der Waals surface area contributed by atoms with Crippen molar-refractivity contribution >= 4 is 44.6 Å². The lowest BCUT2D eigenvalue weighted by molar-refractivity contribution is -0.384. The first-order valence-corrected chi connectivity index (χ1v) is 14.2. The van der Waals surface area contributed by atoms with Crippen molar-refractivity contribution in [1.82, 2.24) is 9.21 Å². The highest BCUT2D eigenvalue weighted by Crippen LogP contribution is 2.40. The number of anilines is 1. The zero-order valence-corrected chi connectivity index (χ0v) is 22.9. The van der Waals surface area contributed by atoms with Crippen LogP contribution < -0.4 is 4.90 Å². The fourth-order valence-electron chi connectivity index (χ4n) is 5.16. The first kappa shape index (κ1) is 28.9. The first-order valence-electron chi connectivity index (χ1n) is 12.0. The number of benzene rings is 2. The van der Waals surface area contributed by atoms with Gasteiger partial charge in [0.25, 0.3) is 11.6 Å². The molecule has 2 aromatic rings. The van der Waals surface area contributed by atoms with Crippen molar-refractivity contribution in [2.75, 3.05) is 44.2 Å². The maximum atomic E-state index is 13.9. The van der Waals surface area contributed by atoms with E-state index in [4.69, 9.17) is 23.2 Å². The lowest BCUT2D eigenvalue weighted by Crippen LogP contribution is -2.50. The molecular weight excluding hydrogens is 565 g/mol. The lowest BCUT2D eigenvalue weighted by Gasteiger charge is -2.38. The zero-order valence-electron chi connectivity index (χ0n) is 20.6. The zero-order chi connectivity index (χ0) is 27.8. The quantitative estimate of drug-likeness (QED) is 0.341. The predicted molar refractivity (Wildman–Crippen MR) is 141 cm³/mol. The summed E-state index contributed by atoms with van der Waals surface area (Å²) in [5, 5.41) is 22.1. The van der Waals surface area contributed by atoms with Crippen LogP contribution in [0, 0.1) is 17.0 Å². The van der Waals surface area contributed by atoms with Gasteiger partial charge in [-0.25, -0.2) is 17.2 Å². The molecule has 0 bridgehead atoms. The molecule has 208 valence electrons. The maximum absolute atomic E-state index is 13.9. The van der Waals surface area contributed by atoms with E-state index < -0.39 is 26.9 Å². The number of halogens is 4. The van der Waals surface area contributed by atoms with Gasteiger partial charge in [-0.05, 0) is 43.2 Å². The second-order valence-corrected chi connectivity index (χ2v) is 12.3. The third-order valence-electron chi connectivity index (χ3n) is 6.98. The Bertz CT molecular complexity index is 1330. The molecule has 4 rings (SSSR count). The third kappa shape index (κ3) is 5.90. The van der Waals surface area contributed by atoms with Gasteiger partial charge in [-0.15, -0.1) is 0 Å². The molecule has 2 aliphatic rings. The molecule has 2 fully saturated rings. The molecule has 0 amide bonds. The minimum absolute atomic E-state index is 0.0358. The fourth-order valence-corrected chi connectivity index (χ4v) is 7.18. The van der Waals surface area contributed by atoms with Gasteiger partial charge in [-0.2, -0.15) is 4.31 Å². The molecule has 1 N–H and O–H groups in total. The molecule has 2 heterocycles. The molecule has 0 radical (unpaired) electrons. The van der Waals surface area contributed by atoms with Crippen molar-refractivity contribution in [1.29, 1.82) is 0 Å². The average molecular weight is 593 g/mol. The van der Waals surface area contributed by atoms with E-state index >= 15 is 0 Å². The Morgan fingerprint density at radius 3 is 2.61 bits per heavy atom. The first-order chi connectivity index (χ1) is 17.8. The predicted octanol–water partition coefficient (Wildman–Crippen LogP) is 4.31. The van der Waals surface area contributed by atoms with Crippen LogP contribution in [0.15, 0.2) is 35.2 Å². The molecule has 0 saturated carbocycles. The summed E-state index contributed by atoms with van der Waals surface area (Å²) < 4.78 is 56.5. The van der Waals surface area contributed by atoms with Crippen LogP contribution >= 0.6 is 23.2 Å². The van der Waals surface area contributed by atoms with Gasteiger partial charge in [-0.3, -0.25) is 15.0 Å². The summed E-state index contributed by atoms with van der Waals surface area (Å²) in [6.07, 6.45) is -0.173. The minimum atomic E-state index is -4.24. The molecule has 2 aromatic carbocycles. The van der Waals surface area contributed by atoms with Gasteiger partial charge in [-0.1, -0.05) is 29.3 Å². The Balaban J connectivity index is 1.68. The number of hydrogen-bond donors (Lipinski definition) is 1. The van der Waals surface area contributed by atoms with E-state index in [2.05, 4.69) is 0 Å². The van der Waals surface area contributed by atoms with Gasteiger partial charge in [0.1, 0.15) is 5.69 Å². The molecule has 0 unspecified atom stereocenters. The number of piperazine rings is 1. The minimum Gasteiger partial charge on any atom is -0.396 e. The Kier molecular flexibility index (Phi) is 8.51. The second-order valence-electron chi connectivity index (χ2n) is 9.61. The summed E-state index contributed by atoms with van der Waals surface area (Å²) in [7, 11) is -4.24. The van der Waals surface area contributed by atoms with Crippen LogP contribution in [0.4, 0.5) is 20.2 Å². The number of nitrogens with zero attached hydrogens (tertiary/aromatic N) is 4. The van der Waals surface area contributed by atoms with Crippen LogP contribution in [-0.2, 0) is 16.6 Å². The van der Waals surface area contributed by atoms with Crippen LogP contribution in [-0.4, -0.2) is 78.9 Å². The normalized spacial score (nSPS) is 19.7. The molecule has 0 spiro atoms. The van der Waals surface area contributed by atoms with Crippen molar-refractivity contribution in [2.45, 2.75) is 43.2 Å². The maximum Gasteiger partial charge on any atom is 0.296 e. The molecule has 0 aromatic heterocycles. The fraction of sp³-hybridized carbons (Fsp3) is 0.500. The average Bonchev–Trinajstić information content (AvgIpc) is 3.16. The standard InChI is InChI=1S/C24H28Cl2F2N4O5S/c1-16-22(38(36,37)31(7-2-10-33)13-17-3-4-19(25)20(26)11-17)6-5-21(23(16)32(34)35)29-8-9-30-15-24(27,28)12-18(30)14-29/h3-6,11,18,33H,2,7-10,12-15H2,1H3/t18-/m0/s1. The summed E-state index contributed by atoms with van der Waals surface area (Å²) in [6, 6.07) is 6.97. The van der Waals surface area contributed by atoms with E-state index in [1.807, 2.05) is 0 Å². The summed E-state index contributed by atoms with van der Waals surface area (Å²) >= 11 is 12.1. The SMILES string of the molecule is Cc1c(S(=O)(=O)N(CCCO)Cc2ccc(Cl)c(Cl)c2)ccc(N2CCN3CC(F)(F)C[C@H]3C2)c1[N+](=O)[O-]. The van der Waals surface area contributed by atoms with Crippen molar-refractivity contribution in [3.05, 3.63) is 61.6 Å². The molecule has 9 nitrogen and oxygen atoms in total. The highest BCUT2D eigenvalue weighted by Gasteiger charge is 2.47. The number of alkyl halides is 2. The van der Waals surface area contributed by atoms with Crippen LogP contribution in [0.5, 0.6) is 0 Å². The van der Waals surface area contributed by atoms with E-state index in [1.165, 1.54) is 25.1 Å². The smallest absolute Gasteiger partial charge is 0.296 e. The van der Waals surface area contributed by atoms with Crippen molar-refractivity contribution in [3.63, 3.8) is 0 Å². The summed E-state index contributed by atoms with van der Waals surface area (Å²) in [5.74, 6) is -2.80. The van der Waals surface area contributed by atoms with Gasteiger partial charge in [0, 0.05) is 57.4 Å². The molecule has 1 atom stereocenters. The molecule has 38 heavy (non-hydrogen) atoms. The molecule has 2 aliphatic heterocycles. The number of fused-ring (bicyclic) bond motifs is 1. The Morgan fingerprint density at radius 1 is 1.21 bits per heavy atom. The highest BCUT2D eigenvalue weighted by atomic mass is 35.5. The van der Waals surface area contributed by atoms with Gasteiger partial charge < -0.3 is 10.0 Å². The number of aliphatic hydroxyl groups is 1. The number of aliphatic hydroxyl groups excluding tert-OH is 1. The lowest BCUT2D eigenvalue weighted by atomic mass is 10.1. The summed E-state index contributed by atoms with van der Waals surface area (Å²) in [6.45, 7) is 1.48. The van der Waals surface area contributed by atoms with Crippen LogP contribution in [0.3, 0.4) is 0 Å². The van der Waals surface area contributed by atoms with E-state index in [-0.39, 0.29) is 72.5 Å². The summed E-state index contributed by atoms with van der Waals surface area (Å²) in [5.41, 5.74) is 0.333. The van der Waals surface area contributed by atoms with Crippen LogP contribution in [0.1, 0.15) is 24.0 Å². The van der Waals surface area contributed by atoms with Gasteiger partial charge in [0.05, 0.1) is 26.4 Å². The molecular formula is C24H28Cl2F2N4O5S. The van der Waals surface area contributed by atoms with Gasteiger partial charge in [0.2, 0.25) is 10.0 Å². The Morgan fingerprint density at radius 2 is 1.95 bits per heavy atom. The van der Waals surface area contributed by atoms with Crippen molar-refractivity contribution in [2.24, 2.45) is 0 Å². The highest BCUT2D eigenvalue weighted by molar-refractivity contribution is 7.89. The van der Waals surface area contributed by atoms with E-state index in [0.29, 0.717) is 23.7 Å². The van der Waals surface area contributed by atoms with E-state index in [1.54, 1.807) is 21.9 Å². The summed E-state index contributed by atoms with van der Waals surface area (Å²) in [4.78, 5) is 14.7. The molecule has 14 heteroatoms. The van der Waals surface area contributed by atoms with Crippen molar-refractivity contribution in [3.8, 4) is 0 Å². The third-order valence-corrected chi connectivity index (χ3v) is 9.71. The number of nitro benzene ring substituents is 1. The topological polar surface area (TPSA) is 107 Å². The van der Waals surface area contributed by atoms with Gasteiger partial charge >= 0.3 is 0 Å². The van der Waals surface area contributed by atoms with E-state index in [0.717, 1.165) is 4.31 Å². The van der Waals surface area contributed by atoms with Gasteiger partial charge in [0.15, 0.2) is 0 Å². The molecule has 0 aliphatic carbocycles. The van der Waals surface area contributed by atoms with Crippen LogP contribution in [0.2, 0.25) is 10.0 Å². The second kappa shape index (κ2) is 11.2. The van der Waals surface area contributed by atoms with Crippen molar-refractivity contribution < 1.29 is 27.2 Å². The monoisotopic (exact) mass is 592 g/mol. The number of rotatable bonds is 9. The van der Waals surface area contributed by atoms with E-state index in [9.17, 15) is 32.4 Å². The largest absolute Gasteiger partial charge is 0.396 e. The Hall–Kier alpha value is -2.09. The number of hydrogen-bond acceptors (Lipinski definition) is 7. The van der Waals surface area contributed by atoms with Crippen LogP contribution in [0.25, 0.3) is 0 Å². The molecule has 2 saturated heterocycles. The Labute approximate surface area is 229 Å². The number of sulfonamides is 1.